The number of halogens is 4. The quantitative estimate of drug-likeness (QED) is 0.800. The van der Waals surface area contributed by atoms with Crippen LogP contribution in [0.15, 0.2) is 22.7 Å². The van der Waals surface area contributed by atoms with Crippen LogP contribution >= 0.6 is 15.9 Å². The highest BCUT2D eigenvalue weighted by Gasteiger charge is 2.38. The largest absolute Gasteiger partial charge is 0.436 e. The molecule has 0 spiro atoms. The Morgan fingerprint density at radius 2 is 1.92 bits per heavy atom. The van der Waals surface area contributed by atoms with Crippen molar-refractivity contribution in [1.29, 1.82) is 0 Å². The monoisotopic (exact) mass is 403 g/mol. The van der Waals surface area contributed by atoms with Gasteiger partial charge in [0.1, 0.15) is 6.04 Å². The first kappa shape index (κ1) is 18.5. The highest BCUT2D eigenvalue weighted by Crippen LogP contribution is 2.36. The number of nitrogens with one attached hydrogen (secondary N) is 1. The third-order valence-corrected chi connectivity index (χ3v) is 4.69. The van der Waals surface area contributed by atoms with Crippen molar-refractivity contribution in [2.24, 2.45) is 0 Å². The van der Waals surface area contributed by atoms with Gasteiger partial charge in [0.05, 0.1) is 10.2 Å². The number of hydrogen-bond donors (Lipinski definition) is 1. The van der Waals surface area contributed by atoms with Crippen molar-refractivity contribution in [1.82, 2.24) is 9.78 Å². The molecular formula is C16H17BrF3N3O. The maximum atomic E-state index is 12.9. The summed E-state index contributed by atoms with van der Waals surface area (Å²) < 4.78 is 39.8. The van der Waals surface area contributed by atoms with E-state index in [-0.39, 0.29) is 10.2 Å². The third kappa shape index (κ3) is 3.63. The normalized spacial score (nSPS) is 13.0. The Balaban J connectivity index is 2.30. The Kier molecular flexibility index (Phi) is 5.08. The maximum absolute atomic E-state index is 12.9. The van der Waals surface area contributed by atoms with Crippen molar-refractivity contribution in [3.05, 3.63) is 45.2 Å². The standard InChI is InChI=1S/C16H17BrF3N3O/c1-8-5-6-9(2)12(7-8)21-15(24)11(4)23-10(3)13(17)14(22-23)16(18,19)20/h5-7,11H,1-4H3,(H,21,24)/t11-/m0/s1. The number of nitrogens with zero attached hydrogens (tertiary/aromatic N) is 2. The summed E-state index contributed by atoms with van der Waals surface area (Å²) in [6.07, 6.45) is -4.59. The first-order valence-electron chi connectivity index (χ1n) is 7.22. The second-order valence-corrected chi connectivity index (χ2v) is 6.47. The van der Waals surface area contributed by atoms with Crippen LogP contribution in [0.1, 0.15) is 35.5 Å². The highest BCUT2D eigenvalue weighted by atomic mass is 79.9. The molecule has 0 saturated carbocycles. The van der Waals surface area contributed by atoms with Gasteiger partial charge in [0.15, 0.2) is 5.69 Å². The number of carbonyl (C=O) groups is 1. The smallest absolute Gasteiger partial charge is 0.324 e. The molecule has 130 valence electrons. The molecule has 0 radical (unpaired) electrons. The fourth-order valence-electron chi connectivity index (χ4n) is 2.28. The van der Waals surface area contributed by atoms with Crippen molar-refractivity contribution in [2.45, 2.75) is 39.9 Å². The number of anilines is 1. The zero-order valence-electron chi connectivity index (χ0n) is 13.6. The van der Waals surface area contributed by atoms with Gasteiger partial charge in [-0.15, -0.1) is 0 Å². The van der Waals surface area contributed by atoms with Gasteiger partial charge < -0.3 is 5.32 Å². The molecule has 4 nitrogen and oxygen atoms in total. The van der Waals surface area contributed by atoms with E-state index in [2.05, 4.69) is 26.3 Å². The molecule has 1 amide bonds. The van der Waals surface area contributed by atoms with Crippen molar-refractivity contribution in [3.63, 3.8) is 0 Å². The van der Waals surface area contributed by atoms with Gasteiger partial charge in [-0.2, -0.15) is 18.3 Å². The van der Waals surface area contributed by atoms with Gasteiger partial charge in [0, 0.05) is 5.69 Å². The Morgan fingerprint density at radius 1 is 1.29 bits per heavy atom. The lowest BCUT2D eigenvalue weighted by molar-refractivity contribution is -0.142. The van der Waals surface area contributed by atoms with E-state index in [9.17, 15) is 18.0 Å². The number of aromatic nitrogens is 2. The van der Waals surface area contributed by atoms with Gasteiger partial charge in [-0.05, 0) is 60.8 Å². The fourth-order valence-corrected chi connectivity index (χ4v) is 2.76. The van der Waals surface area contributed by atoms with Crippen LogP contribution in [0.25, 0.3) is 0 Å². The molecule has 0 aliphatic carbocycles. The third-order valence-electron chi connectivity index (χ3n) is 3.74. The van der Waals surface area contributed by atoms with Crippen LogP contribution in [0.3, 0.4) is 0 Å². The van der Waals surface area contributed by atoms with Gasteiger partial charge in [0.25, 0.3) is 0 Å². The van der Waals surface area contributed by atoms with E-state index in [4.69, 9.17) is 0 Å². The average Bonchev–Trinajstić information content (AvgIpc) is 2.78. The first-order valence-corrected chi connectivity index (χ1v) is 8.01. The molecule has 0 bridgehead atoms. The van der Waals surface area contributed by atoms with Gasteiger partial charge in [-0.25, -0.2) is 0 Å². The number of benzene rings is 1. The molecule has 1 aromatic heterocycles. The number of carbonyl (C=O) groups excluding carboxylic acids is 1. The number of rotatable bonds is 3. The van der Waals surface area contributed by atoms with Crippen LogP contribution in [-0.2, 0) is 11.0 Å². The first-order chi connectivity index (χ1) is 11.0. The molecule has 0 unspecified atom stereocenters. The van der Waals surface area contributed by atoms with Crippen LogP contribution in [0.2, 0.25) is 0 Å². The van der Waals surface area contributed by atoms with E-state index in [0.29, 0.717) is 5.69 Å². The fraction of sp³-hybridized carbons (Fsp3) is 0.375. The molecule has 0 fully saturated rings. The van der Waals surface area contributed by atoms with Crippen LogP contribution in [0.4, 0.5) is 18.9 Å². The Hall–Kier alpha value is -1.83. The predicted octanol–water partition coefficient (Wildman–Crippen LogP) is 4.79. The maximum Gasteiger partial charge on any atom is 0.436 e. The summed E-state index contributed by atoms with van der Waals surface area (Å²) >= 11 is 2.91. The molecule has 8 heteroatoms. The molecule has 1 heterocycles. The van der Waals surface area contributed by atoms with E-state index in [1.807, 2.05) is 32.0 Å². The van der Waals surface area contributed by atoms with Crippen LogP contribution in [-0.4, -0.2) is 15.7 Å². The topological polar surface area (TPSA) is 46.9 Å². The second kappa shape index (κ2) is 6.58. The summed E-state index contributed by atoms with van der Waals surface area (Å²) in [5, 5.41) is 6.31. The van der Waals surface area contributed by atoms with E-state index in [1.165, 1.54) is 13.8 Å². The molecule has 0 aliphatic heterocycles. The van der Waals surface area contributed by atoms with Gasteiger partial charge >= 0.3 is 6.18 Å². The zero-order valence-corrected chi connectivity index (χ0v) is 15.2. The van der Waals surface area contributed by atoms with Gasteiger partial charge in [-0.3, -0.25) is 9.48 Å². The van der Waals surface area contributed by atoms with E-state index in [0.717, 1.165) is 15.8 Å². The van der Waals surface area contributed by atoms with Crippen molar-refractivity contribution in [2.75, 3.05) is 5.32 Å². The Labute approximate surface area is 146 Å². The van der Waals surface area contributed by atoms with Crippen molar-refractivity contribution < 1.29 is 18.0 Å². The summed E-state index contributed by atoms with van der Waals surface area (Å²) in [6.45, 7) is 6.72. The minimum absolute atomic E-state index is 0.151. The summed E-state index contributed by atoms with van der Waals surface area (Å²) in [4.78, 5) is 12.4. The van der Waals surface area contributed by atoms with E-state index < -0.39 is 23.8 Å². The summed E-state index contributed by atoms with van der Waals surface area (Å²) in [7, 11) is 0. The van der Waals surface area contributed by atoms with E-state index in [1.54, 1.807) is 0 Å². The number of amides is 1. The zero-order chi connectivity index (χ0) is 18.2. The second-order valence-electron chi connectivity index (χ2n) is 5.67. The lowest BCUT2D eigenvalue weighted by Crippen LogP contribution is -2.26. The van der Waals surface area contributed by atoms with Gasteiger partial charge in [-0.1, -0.05) is 12.1 Å². The van der Waals surface area contributed by atoms with Crippen LogP contribution < -0.4 is 5.32 Å². The summed E-state index contributed by atoms with van der Waals surface area (Å²) in [6, 6.07) is 4.70. The molecule has 0 saturated heterocycles. The minimum atomic E-state index is -4.59. The molecule has 0 aliphatic rings. The Bertz CT molecular complexity index is 784. The van der Waals surface area contributed by atoms with Gasteiger partial charge in [0.2, 0.25) is 5.91 Å². The van der Waals surface area contributed by atoms with E-state index >= 15 is 0 Å². The SMILES string of the molecule is Cc1ccc(C)c(NC(=O)[C@H](C)n2nc(C(F)(F)F)c(Br)c2C)c1. The predicted molar refractivity (Wildman–Crippen MR) is 88.9 cm³/mol. The van der Waals surface area contributed by atoms with Crippen molar-refractivity contribution in [3.8, 4) is 0 Å². The Morgan fingerprint density at radius 3 is 2.46 bits per heavy atom. The molecule has 1 aromatic carbocycles. The van der Waals surface area contributed by atoms with Crippen LogP contribution in [0, 0.1) is 20.8 Å². The summed E-state index contributed by atoms with van der Waals surface area (Å²) in [5.41, 5.74) is 1.68. The summed E-state index contributed by atoms with van der Waals surface area (Å²) in [5.74, 6) is -0.435. The number of hydrogen-bond acceptors (Lipinski definition) is 2. The molecule has 2 aromatic rings. The lowest BCUT2D eigenvalue weighted by Gasteiger charge is -2.16. The molecular weight excluding hydrogens is 387 g/mol. The highest BCUT2D eigenvalue weighted by molar-refractivity contribution is 9.10. The molecule has 2 rings (SSSR count). The molecule has 24 heavy (non-hydrogen) atoms. The molecule has 1 N–H and O–H groups in total. The molecule has 1 atom stereocenters. The number of alkyl halides is 3. The lowest BCUT2D eigenvalue weighted by atomic mass is 10.1. The van der Waals surface area contributed by atoms with Crippen LogP contribution in [0.5, 0.6) is 0 Å². The van der Waals surface area contributed by atoms with Crippen molar-refractivity contribution >= 4 is 27.5 Å². The minimum Gasteiger partial charge on any atom is -0.324 e. The average molecular weight is 404 g/mol. The number of aryl methyl sites for hydroxylation is 2.